The molecule has 0 radical (unpaired) electrons. The van der Waals surface area contributed by atoms with Gasteiger partial charge in [0.05, 0.1) is 11.3 Å². The van der Waals surface area contributed by atoms with E-state index in [9.17, 15) is 14.7 Å². The number of hydrogen-bond acceptors (Lipinski definition) is 2. The van der Waals surface area contributed by atoms with Gasteiger partial charge in [0.2, 0.25) is 0 Å². The normalized spacial score (nSPS) is 11.2. The number of aromatic nitrogens is 1. The van der Waals surface area contributed by atoms with Crippen LogP contribution in [-0.4, -0.2) is 22.3 Å². The highest BCUT2D eigenvalue weighted by Crippen LogP contribution is 2.28. The number of aromatic amines is 1. The van der Waals surface area contributed by atoms with E-state index >= 15 is 0 Å². The van der Waals surface area contributed by atoms with Crippen molar-refractivity contribution in [3.05, 3.63) is 22.5 Å². The molecule has 1 rings (SSSR count). The number of aldehydes is 1. The van der Waals surface area contributed by atoms with Crippen molar-refractivity contribution in [1.29, 1.82) is 0 Å². The van der Waals surface area contributed by atoms with Gasteiger partial charge >= 0.3 is 5.97 Å². The summed E-state index contributed by atoms with van der Waals surface area (Å²) in [5, 5.41) is 9.24. The third-order valence-corrected chi connectivity index (χ3v) is 3.03. The molecule has 2 N–H and O–H groups in total. The van der Waals surface area contributed by atoms with Gasteiger partial charge in [0.25, 0.3) is 0 Å². The molecule has 0 fully saturated rings. The summed E-state index contributed by atoms with van der Waals surface area (Å²) in [6, 6.07) is 0. The van der Waals surface area contributed by atoms with Gasteiger partial charge in [-0.1, -0.05) is 27.7 Å². The molecule has 0 aliphatic rings. The van der Waals surface area contributed by atoms with Gasteiger partial charge in [-0.15, -0.1) is 0 Å². The van der Waals surface area contributed by atoms with Gasteiger partial charge in [0.1, 0.15) is 0 Å². The first kappa shape index (κ1) is 14.5. The Morgan fingerprint density at radius 2 is 1.94 bits per heavy atom. The van der Waals surface area contributed by atoms with Gasteiger partial charge in [-0.25, -0.2) is 4.79 Å². The van der Waals surface area contributed by atoms with E-state index in [2.05, 4.69) is 18.8 Å². The van der Waals surface area contributed by atoms with Crippen LogP contribution in [0.1, 0.15) is 72.1 Å². The van der Waals surface area contributed by atoms with Gasteiger partial charge in [-0.2, -0.15) is 0 Å². The van der Waals surface area contributed by atoms with Crippen LogP contribution in [0, 0.1) is 5.92 Å². The van der Waals surface area contributed by atoms with Crippen LogP contribution in [0.5, 0.6) is 0 Å². The molecule has 0 aromatic carbocycles. The summed E-state index contributed by atoms with van der Waals surface area (Å²) in [7, 11) is 0. The lowest BCUT2D eigenvalue weighted by atomic mass is 9.94. The Morgan fingerprint density at radius 3 is 2.33 bits per heavy atom. The molecule has 0 saturated heterocycles. The molecule has 0 aliphatic carbocycles. The lowest BCUT2D eigenvalue weighted by Gasteiger charge is -2.10. The average Bonchev–Trinajstić information content (AvgIpc) is 2.64. The molecule has 4 heteroatoms. The quantitative estimate of drug-likeness (QED) is 0.762. The summed E-state index contributed by atoms with van der Waals surface area (Å²) in [5.74, 6) is -0.405. The molecule has 0 unspecified atom stereocenters. The number of nitrogens with one attached hydrogen (secondary N) is 1. The van der Waals surface area contributed by atoms with Crippen molar-refractivity contribution in [2.24, 2.45) is 5.92 Å². The van der Waals surface area contributed by atoms with Crippen molar-refractivity contribution >= 4 is 12.3 Å². The Morgan fingerprint density at radius 1 is 1.33 bits per heavy atom. The predicted octanol–water partition coefficient (Wildman–Crippen LogP) is 3.24. The number of carbonyl (C=O) groups excluding carboxylic acids is 1. The molecule has 4 nitrogen and oxygen atoms in total. The van der Waals surface area contributed by atoms with E-state index in [-0.39, 0.29) is 17.2 Å². The van der Waals surface area contributed by atoms with Crippen molar-refractivity contribution < 1.29 is 14.7 Å². The topological polar surface area (TPSA) is 70.2 Å². The van der Waals surface area contributed by atoms with E-state index in [0.717, 1.165) is 24.1 Å². The molecule has 0 amide bonds. The number of aryl methyl sites for hydroxylation is 1. The first-order valence-electron chi connectivity index (χ1n) is 6.31. The molecular formula is C14H21NO3. The molecular weight excluding hydrogens is 230 g/mol. The number of aromatic carboxylic acids is 1. The second-order valence-corrected chi connectivity index (χ2v) is 5.32. The fourth-order valence-electron chi connectivity index (χ4n) is 2.17. The van der Waals surface area contributed by atoms with E-state index in [0.29, 0.717) is 12.2 Å². The summed E-state index contributed by atoms with van der Waals surface area (Å²) in [6.07, 6.45) is 2.34. The van der Waals surface area contributed by atoms with Crippen molar-refractivity contribution in [1.82, 2.24) is 4.98 Å². The first-order valence-corrected chi connectivity index (χ1v) is 6.31. The summed E-state index contributed by atoms with van der Waals surface area (Å²) in [4.78, 5) is 25.2. The van der Waals surface area contributed by atoms with E-state index in [1.54, 1.807) is 0 Å². The van der Waals surface area contributed by atoms with Gasteiger partial charge in [0.15, 0.2) is 6.29 Å². The number of rotatable bonds is 6. The highest BCUT2D eigenvalue weighted by molar-refractivity contribution is 5.98. The average molecular weight is 251 g/mol. The van der Waals surface area contributed by atoms with Crippen molar-refractivity contribution in [3.8, 4) is 0 Å². The predicted molar refractivity (Wildman–Crippen MR) is 70.4 cm³/mol. The molecule has 1 heterocycles. The van der Waals surface area contributed by atoms with Crippen LogP contribution in [-0.2, 0) is 6.42 Å². The van der Waals surface area contributed by atoms with Gasteiger partial charge < -0.3 is 10.1 Å². The lowest BCUT2D eigenvalue weighted by Crippen LogP contribution is -2.05. The van der Waals surface area contributed by atoms with Crippen LogP contribution in [0.3, 0.4) is 0 Å². The van der Waals surface area contributed by atoms with Crippen LogP contribution in [0.4, 0.5) is 0 Å². The molecule has 1 aromatic heterocycles. The summed E-state index contributed by atoms with van der Waals surface area (Å²) in [6.45, 7) is 8.14. The first-order chi connectivity index (χ1) is 8.38. The smallest absolute Gasteiger partial charge is 0.338 e. The van der Waals surface area contributed by atoms with E-state index < -0.39 is 5.97 Å². The van der Waals surface area contributed by atoms with Crippen LogP contribution >= 0.6 is 0 Å². The maximum atomic E-state index is 11.3. The van der Waals surface area contributed by atoms with E-state index in [1.807, 2.05) is 13.8 Å². The van der Waals surface area contributed by atoms with Gasteiger partial charge in [-0.3, -0.25) is 4.79 Å². The third-order valence-electron chi connectivity index (χ3n) is 3.03. The minimum absolute atomic E-state index is 0.0863. The zero-order valence-electron chi connectivity index (χ0n) is 11.4. The van der Waals surface area contributed by atoms with Crippen LogP contribution < -0.4 is 0 Å². The fourth-order valence-corrected chi connectivity index (χ4v) is 2.17. The van der Waals surface area contributed by atoms with Crippen LogP contribution in [0.2, 0.25) is 0 Å². The maximum absolute atomic E-state index is 11.3. The second kappa shape index (κ2) is 5.85. The fraction of sp³-hybridized carbons (Fsp3) is 0.571. The zero-order valence-corrected chi connectivity index (χ0v) is 11.4. The summed E-state index contributed by atoms with van der Waals surface area (Å²) >= 11 is 0. The molecule has 0 aliphatic heterocycles. The SMILES string of the molecule is CC(C)CCc1[nH]c(C=O)c(C(=O)O)c1C(C)C. The summed E-state index contributed by atoms with van der Waals surface area (Å²) in [5.41, 5.74) is 1.98. The van der Waals surface area contributed by atoms with Crippen molar-refractivity contribution in [2.45, 2.75) is 46.5 Å². The monoisotopic (exact) mass is 251 g/mol. The Labute approximate surface area is 107 Å². The Balaban J connectivity index is 3.24. The molecule has 100 valence electrons. The van der Waals surface area contributed by atoms with Gasteiger partial charge in [-0.05, 0) is 30.2 Å². The summed E-state index contributed by atoms with van der Waals surface area (Å²) < 4.78 is 0. The second-order valence-electron chi connectivity index (χ2n) is 5.32. The lowest BCUT2D eigenvalue weighted by molar-refractivity contribution is 0.0692. The molecule has 0 spiro atoms. The largest absolute Gasteiger partial charge is 0.478 e. The number of carbonyl (C=O) groups is 2. The molecule has 0 atom stereocenters. The van der Waals surface area contributed by atoms with E-state index in [1.165, 1.54) is 0 Å². The number of H-pyrrole nitrogens is 1. The molecule has 1 aromatic rings. The number of carboxylic acid groups (broad SMARTS) is 1. The van der Waals surface area contributed by atoms with Crippen LogP contribution in [0.15, 0.2) is 0 Å². The molecule has 0 saturated carbocycles. The minimum atomic E-state index is -1.03. The van der Waals surface area contributed by atoms with E-state index in [4.69, 9.17) is 0 Å². The Bertz CT molecular complexity index is 444. The van der Waals surface area contributed by atoms with Crippen LogP contribution in [0.25, 0.3) is 0 Å². The zero-order chi connectivity index (χ0) is 13.9. The number of carboxylic acids is 1. The Hall–Kier alpha value is -1.58. The maximum Gasteiger partial charge on any atom is 0.338 e. The van der Waals surface area contributed by atoms with Crippen molar-refractivity contribution in [2.75, 3.05) is 0 Å². The highest BCUT2D eigenvalue weighted by atomic mass is 16.4. The number of hydrogen-bond donors (Lipinski definition) is 2. The third kappa shape index (κ3) is 3.00. The Kier molecular flexibility index (Phi) is 4.70. The highest BCUT2D eigenvalue weighted by Gasteiger charge is 2.24. The van der Waals surface area contributed by atoms with Crippen molar-refractivity contribution in [3.63, 3.8) is 0 Å². The molecule has 0 bridgehead atoms. The standard InChI is InChI=1S/C14H21NO3/c1-8(2)5-6-10-12(9(3)4)13(14(17)18)11(7-16)15-10/h7-9,15H,5-6H2,1-4H3,(H,17,18). The molecule has 18 heavy (non-hydrogen) atoms. The van der Waals surface area contributed by atoms with Gasteiger partial charge in [0, 0.05) is 5.69 Å². The minimum Gasteiger partial charge on any atom is -0.478 e.